The molecule has 0 radical (unpaired) electrons. The van der Waals surface area contributed by atoms with E-state index in [1.54, 1.807) is 6.07 Å². The molecule has 1 aromatic carbocycles. The first-order valence-corrected chi connectivity index (χ1v) is 7.92. The molecule has 1 saturated carbocycles. The van der Waals surface area contributed by atoms with Crippen molar-refractivity contribution in [3.05, 3.63) is 35.4 Å². The fourth-order valence-corrected chi connectivity index (χ4v) is 3.16. The molecule has 2 heterocycles. The number of amides is 1. The van der Waals surface area contributed by atoms with Crippen molar-refractivity contribution in [2.24, 2.45) is 5.73 Å². The Labute approximate surface area is 129 Å². The van der Waals surface area contributed by atoms with E-state index in [4.69, 9.17) is 10.7 Å². The second kappa shape index (κ2) is 5.25. The third-order valence-corrected chi connectivity index (χ3v) is 4.54. The minimum absolute atomic E-state index is 0.388. The van der Waals surface area contributed by atoms with Gasteiger partial charge in [-0.3, -0.25) is 4.79 Å². The quantitative estimate of drug-likeness (QED) is 0.903. The summed E-state index contributed by atoms with van der Waals surface area (Å²) >= 11 is 0. The highest BCUT2D eigenvalue weighted by molar-refractivity contribution is 5.97. The normalized spacial score (nSPS) is 18.6. The van der Waals surface area contributed by atoms with Crippen molar-refractivity contribution in [1.29, 1.82) is 0 Å². The number of nitrogens with zero attached hydrogens (tertiary/aromatic N) is 2. The number of carbonyl (C=O) groups is 1. The third kappa shape index (κ3) is 2.41. The fourth-order valence-electron chi connectivity index (χ4n) is 3.16. The topological polar surface area (TPSA) is 71.2 Å². The monoisotopic (exact) mass is 296 g/mol. The van der Waals surface area contributed by atoms with Gasteiger partial charge in [-0.25, -0.2) is 4.98 Å². The first-order valence-electron chi connectivity index (χ1n) is 7.92. The fraction of sp³-hybridized carbons (Fsp3) is 0.412. The maximum atomic E-state index is 11.4. The first-order chi connectivity index (χ1) is 10.7. The van der Waals surface area contributed by atoms with Gasteiger partial charge in [-0.05, 0) is 48.6 Å². The van der Waals surface area contributed by atoms with E-state index in [-0.39, 0.29) is 5.91 Å². The summed E-state index contributed by atoms with van der Waals surface area (Å²) in [5.74, 6) is 1.36. The predicted octanol–water partition coefficient (Wildman–Crippen LogP) is 1.62. The number of pyridine rings is 1. The lowest BCUT2D eigenvalue weighted by Gasteiger charge is -2.30. The lowest BCUT2D eigenvalue weighted by Crippen LogP contribution is -2.44. The van der Waals surface area contributed by atoms with Crippen molar-refractivity contribution in [3.8, 4) is 0 Å². The molecule has 1 aliphatic heterocycles. The van der Waals surface area contributed by atoms with Crippen LogP contribution in [0.1, 0.15) is 34.7 Å². The number of nitrogens with two attached hydrogens (primary N) is 1. The largest absolute Gasteiger partial charge is 0.366 e. The molecule has 1 aromatic heterocycles. The zero-order valence-corrected chi connectivity index (χ0v) is 12.5. The van der Waals surface area contributed by atoms with E-state index in [9.17, 15) is 4.79 Å². The highest BCUT2D eigenvalue weighted by Crippen LogP contribution is 2.44. The van der Waals surface area contributed by atoms with E-state index in [1.807, 2.05) is 12.1 Å². The number of carbonyl (C=O) groups excluding carboxylic acids is 1. The molecule has 1 amide bonds. The van der Waals surface area contributed by atoms with Crippen LogP contribution in [0.15, 0.2) is 24.3 Å². The van der Waals surface area contributed by atoms with Crippen molar-refractivity contribution in [1.82, 2.24) is 10.3 Å². The molecule has 3 N–H and O–H groups in total. The van der Waals surface area contributed by atoms with E-state index in [1.165, 1.54) is 18.4 Å². The van der Waals surface area contributed by atoms with Gasteiger partial charge in [0.15, 0.2) is 0 Å². The van der Waals surface area contributed by atoms with Crippen LogP contribution in [0.3, 0.4) is 0 Å². The van der Waals surface area contributed by atoms with E-state index < -0.39 is 0 Å². The Morgan fingerprint density at radius 3 is 2.68 bits per heavy atom. The van der Waals surface area contributed by atoms with Gasteiger partial charge in [-0.1, -0.05) is 0 Å². The smallest absolute Gasteiger partial charge is 0.248 e. The molecule has 5 heteroatoms. The van der Waals surface area contributed by atoms with E-state index in [0.29, 0.717) is 11.5 Å². The maximum absolute atomic E-state index is 11.4. The minimum Gasteiger partial charge on any atom is -0.366 e. The van der Waals surface area contributed by atoms with Gasteiger partial charge in [-0.15, -0.1) is 0 Å². The highest BCUT2D eigenvalue weighted by Gasteiger charge is 2.29. The minimum atomic E-state index is -0.388. The number of primary amides is 1. The van der Waals surface area contributed by atoms with Gasteiger partial charge >= 0.3 is 0 Å². The Kier molecular flexibility index (Phi) is 3.22. The standard InChI is InChI=1S/C17H20N4O/c18-16(22)12-3-4-15-13(9-12)10-14(11-1-2-11)17(20-15)21-7-5-19-6-8-21/h3-4,9-11,19H,1-2,5-8H2,(H2,18,22). The molecule has 0 bridgehead atoms. The molecule has 0 atom stereocenters. The van der Waals surface area contributed by atoms with Crippen LogP contribution >= 0.6 is 0 Å². The summed E-state index contributed by atoms with van der Waals surface area (Å²) in [5.41, 5.74) is 8.20. The number of anilines is 1. The van der Waals surface area contributed by atoms with Gasteiger partial charge in [0.05, 0.1) is 5.52 Å². The van der Waals surface area contributed by atoms with Crippen molar-refractivity contribution in [3.63, 3.8) is 0 Å². The SMILES string of the molecule is NC(=O)c1ccc2nc(N3CCNCC3)c(C3CC3)cc2c1. The summed E-state index contributed by atoms with van der Waals surface area (Å²) < 4.78 is 0. The van der Waals surface area contributed by atoms with Crippen molar-refractivity contribution < 1.29 is 4.79 Å². The van der Waals surface area contributed by atoms with Crippen LogP contribution < -0.4 is 16.0 Å². The molecular formula is C17H20N4O. The second-order valence-corrected chi connectivity index (χ2v) is 6.18. The zero-order valence-electron chi connectivity index (χ0n) is 12.5. The molecule has 2 aromatic rings. The van der Waals surface area contributed by atoms with Gasteiger partial charge < -0.3 is 16.0 Å². The summed E-state index contributed by atoms with van der Waals surface area (Å²) in [6.07, 6.45) is 2.48. The summed E-state index contributed by atoms with van der Waals surface area (Å²) in [7, 11) is 0. The number of hydrogen-bond acceptors (Lipinski definition) is 4. The third-order valence-electron chi connectivity index (χ3n) is 4.54. The highest BCUT2D eigenvalue weighted by atomic mass is 16.1. The molecule has 1 saturated heterocycles. The summed E-state index contributed by atoms with van der Waals surface area (Å²) in [5, 5.41) is 4.40. The van der Waals surface area contributed by atoms with Gasteiger partial charge in [0.25, 0.3) is 0 Å². The Hall–Kier alpha value is -2.14. The van der Waals surface area contributed by atoms with E-state index >= 15 is 0 Å². The second-order valence-electron chi connectivity index (χ2n) is 6.18. The average molecular weight is 296 g/mol. The molecule has 2 aliphatic rings. The Morgan fingerprint density at radius 1 is 1.23 bits per heavy atom. The lowest BCUT2D eigenvalue weighted by molar-refractivity contribution is 0.100. The zero-order chi connectivity index (χ0) is 15.1. The molecule has 0 spiro atoms. The number of fused-ring (bicyclic) bond motifs is 1. The van der Waals surface area contributed by atoms with Crippen LogP contribution in [0.4, 0.5) is 5.82 Å². The number of aromatic nitrogens is 1. The van der Waals surface area contributed by atoms with Crippen LogP contribution in [-0.4, -0.2) is 37.1 Å². The van der Waals surface area contributed by atoms with Crippen molar-refractivity contribution in [2.45, 2.75) is 18.8 Å². The molecular weight excluding hydrogens is 276 g/mol. The Morgan fingerprint density at radius 2 is 2.00 bits per heavy atom. The average Bonchev–Trinajstić information content (AvgIpc) is 3.38. The molecule has 4 rings (SSSR count). The summed E-state index contributed by atoms with van der Waals surface area (Å²) in [4.78, 5) is 18.7. The number of benzene rings is 1. The van der Waals surface area contributed by atoms with Crippen LogP contribution in [0, 0.1) is 0 Å². The number of hydrogen-bond donors (Lipinski definition) is 2. The van der Waals surface area contributed by atoms with Gasteiger partial charge in [0.1, 0.15) is 5.82 Å². The van der Waals surface area contributed by atoms with Crippen LogP contribution in [0.5, 0.6) is 0 Å². The molecule has 114 valence electrons. The van der Waals surface area contributed by atoms with Crippen LogP contribution in [-0.2, 0) is 0 Å². The first kappa shape index (κ1) is 13.5. The Balaban J connectivity index is 1.83. The van der Waals surface area contributed by atoms with Crippen molar-refractivity contribution >= 4 is 22.6 Å². The number of nitrogens with one attached hydrogen (secondary N) is 1. The molecule has 0 unspecified atom stereocenters. The Bertz CT molecular complexity index is 733. The van der Waals surface area contributed by atoms with Gasteiger partial charge in [0.2, 0.25) is 5.91 Å². The van der Waals surface area contributed by atoms with E-state index in [0.717, 1.165) is 42.9 Å². The molecule has 22 heavy (non-hydrogen) atoms. The lowest BCUT2D eigenvalue weighted by atomic mass is 10.0. The van der Waals surface area contributed by atoms with Crippen molar-refractivity contribution in [2.75, 3.05) is 31.1 Å². The predicted molar refractivity (Wildman–Crippen MR) is 87.3 cm³/mol. The number of rotatable bonds is 3. The molecule has 2 fully saturated rings. The van der Waals surface area contributed by atoms with E-state index in [2.05, 4.69) is 16.3 Å². The number of piperazine rings is 1. The molecule has 1 aliphatic carbocycles. The van der Waals surface area contributed by atoms with Crippen LogP contribution in [0.25, 0.3) is 10.9 Å². The van der Waals surface area contributed by atoms with Gasteiger partial charge in [0, 0.05) is 37.1 Å². The summed E-state index contributed by atoms with van der Waals surface area (Å²) in [6, 6.07) is 7.73. The van der Waals surface area contributed by atoms with Crippen LogP contribution in [0.2, 0.25) is 0 Å². The molecule has 5 nitrogen and oxygen atoms in total. The van der Waals surface area contributed by atoms with Gasteiger partial charge in [-0.2, -0.15) is 0 Å². The maximum Gasteiger partial charge on any atom is 0.248 e. The summed E-state index contributed by atoms with van der Waals surface area (Å²) in [6.45, 7) is 4.00.